The fourth-order valence-corrected chi connectivity index (χ4v) is 5.60. The lowest BCUT2D eigenvalue weighted by Gasteiger charge is -2.17. The number of halogens is 1. The van der Waals surface area contributed by atoms with E-state index in [1.165, 1.54) is 16.2 Å². The maximum Gasteiger partial charge on any atom is 0.238 e. The van der Waals surface area contributed by atoms with E-state index >= 15 is 0 Å². The lowest BCUT2D eigenvalue weighted by molar-refractivity contribution is -0.122. The van der Waals surface area contributed by atoms with Crippen molar-refractivity contribution in [2.45, 2.75) is 39.0 Å². The Bertz CT molecular complexity index is 820. The first-order valence-electron chi connectivity index (χ1n) is 8.28. The van der Waals surface area contributed by atoms with Gasteiger partial charge >= 0.3 is 0 Å². The SMILES string of the molecule is C[C@@H]1CCc2sc(N3C(=O)[C@H]4CC(Cl)=CC[C@H]4C3=O)c(C#N)c2C1. The van der Waals surface area contributed by atoms with Gasteiger partial charge in [0.25, 0.3) is 0 Å². The molecule has 0 aromatic carbocycles. The molecule has 3 atom stereocenters. The van der Waals surface area contributed by atoms with Crippen LogP contribution in [0.3, 0.4) is 0 Å². The fourth-order valence-electron chi connectivity index (χ4n) is 4.04. The summed E-state index contributed by atoms with van der Waals surface area (Å²) in [6.07, 6.45) is 5.64. The standard InChI is InChI=1S/C18H17ClN2O2S/c1-9-2-5-15-12(6-9)14(8-20)18(24-15)21-16(22)11-4-3-10(19)7-13(11)17(21)23/h3,9,11,13H,2,4-7H2,1H3/t9-,11-,13+/m1/s1. The first-order valence-corrected chi connectivity index (χ1v) is 9.47. The summed E-state index contributed by atoms with van der Waals surface area (Å²) >= 11 is 7.53. The number of hydrogen-bond acceptors (Lipinski definition) is 4. The third kappa shape index (κ3) is 2.24. The van der Waals surface area contributed by atoms with Crippen LogP contribution in [0.4, 0.5) is 5.00 Å². The smallest absolute Gasteiger partial charge is 0.238 e. The van der Waals surface area contributed by atoms with Crippen LogP contribution in [-0.4, -0.2) is 11.8 Å². The zero-order chi connectivity index (χ0) is 17.0. The molecule has 124 valence electrons. The molecule has 1 fully saturated rings. The third-order valence-electron chi connectivity index (χ3n) is 5.37. The van der Waals surface area contributed by atoms with Crippen LogP contribution in [0.25, 0.3) is 0 Å². The van der Waals surface area contributed by atoms with Gasteiger partial charge in [-0.1, -0.05) is 24.6 Å². The van der Waals surface area contributed by atoms with E-state index in [4.69, 9.17) is 11.6 Å². The van der Waals surface area contributed by atoms with Crippen molar-refractivity contribution in [2.75, 3.05) is 4.90 Å². The minimum atomic E-state index is -0.375. The predicted octanol–water partition coefficient (Wildman–Crippen LogP) is 3.77. The van der Waals surface area contributed by atoms with E-state index in [1.54, 1.807) is 0 Å². The van der Waals surface area contributed by atoms with Gasteiger partial charge in [-0.2, -0.15) is 5.26 Å². The van der Waals surface area contributed by atoms with Crippen LogP contribution in [0.2, 0.25) is 0 Å². The number of nitrogens with zero attached hydrogens (tertiary/aromatic N) is 2. The molecule has 0 saturated carbocycles. The summed E-state index contributed by atoms with van der Waals surface area (Å²) in [5, 5.41) is 10.8. The van der Waals surface area contributed by atoms with Crippen molar-refractivity contribution >= 4 is 39.8 Å². The minimum Gasteiger partial charge on any atom is -0.274 e. The Labute approximate surface area is 149 Å². The number of carbonyl (C=O) groups is 2. The maximum atomic E-state index is 12.9. The van der Waals surface area contributed by atoms with Crippen molar-refractivity contribution < 1.29 is 9.59 Å². The molecular formula is C18H17ClN2O2S. The summed E-state index contributed by atoms with van der Waals surface area (Å²) in [5.41, 5.74) is 1.57. The summed E-state index contributed by atoms with van der Waals surface area (Å²) in [6, 6.07) is 2.26. The van der Waals surface area contributed by atoms with Crippen LogP contribution in [0.1, 0.15) is 42.2 Å². The summed E-state index contributed by atoms with van der Waals surface area (Å²) in [4.78, 5) is 28.1. The number of thiophene rings is 1. The van der Waals surface area contributed by atoms with Gasteiger partial charge in [-0.25, -0.2) is 4.90 Å². The highest BCUT2D eigenvalue weighted by Gasteiger charge is 2.50. The van der Waals surface area contributed by atoms with Crippen molar-refractivity contribution in [3.8, 4) is 6.07 Å². The van der Waals surface area contributed by atoms with Crippen LogP contribution >= 0.6 is 22.9 Å². The van der Waals surface area contributed by atoms with E-state index in [1.807, 2.05) is 6.08 Å². The van der Waals surface area contributed by atoms with Crippen LogP contribution < -0.4 is 4.90 Å². The molecule has 0 bridgehead atoms. The first kappa shape index (κ1) is 15.9. The van der Waals surface area contributed by atoms with Gasteiger partial charge in [-0.3, -0.25) is 9.59 Å². The molecule has 0 spiro atoms. The average molecular weight is 361 g/mol. The summed E-state index contributed by atoms with van der Waals surface area (Å²) in [6.45, 7) is 2.18. The molecule has 1 saturated heterocycles. The highest BCUT2D eigenvalue weighted by atomic mass is 35.5. The fraction of sp³-hybridized carbons (Fsp3) is 0.500. The lowest BCUT2D eigenvalue weighted by Crippen LogP contribution is -2.30. The average Bonchev–Trinajstić information content (AvgIpc) is 3.02. The van der Waals surface area contributed by atoms with E-state index < -0.39 is 0 Å². The molecule has 1 aliphatic heterocycles. The molecule has 24 heavy (non-hydrogen) atoms. The molecule has 0 unspecified atom stereocenters. The largest absolute Gasteiger partial charge is 0.274 e. The van der Waals surface area contributed by atoms with E-state index in [-0.39, 0.29) is 23.7 Å². The highest BCUT2D eigenvalue weighted by Crippen LogP contribution is 2.46. The number of allylic oxidation sites excluding steroid dienone is 2. The third-order valence-corrected chi connectivity index (χ3v) is 6.96. The zero-order valence-corrected chi connectivity index (χ0v) is 14.9. The first-order chi connectivity index (χ1) is 11.5. The quantitative estimate of drug-likeness (QED) is 0.716. The topological polar surface area (TPSA) is 61.2 Å². The van der Waals surface area contributed by atoms with Crippen molar-refractivity contribution in [3.05, 3.63) is 27.1 Å². The molecule has 1 aromatic heterocycles. The molecule has 2 heterocycles. The van der Waals surface area contributed by atoms with Crippen LogP contribution in [-0.2, 0) is 22.4 Å². The number of imide groups is 1. The normalized spacial score (nSPS) is 29.1. The van der Waals surface area contributed by atoms with E-state index in [0.717, 1.165) is 29.7 Å². The van der Waals surface area contributed by atoms with Crippen molar-refractivity contribution in [2.24, 2.45) is 17.8 Å². The summed E-state index contributed by atoms with van der Waals surface area (Å²) in [7, 11) is 0. The van der Waals surface area contributed by atoms with E-state index in [2.05, 4.69) is 13.0 Å². The Hall–Kier alpha value is -1.64. The monoisotopic (exact) mass is 360 g/mol. The molecule has 0 radical (unpaired) electrons. The molecule has 2 aliphatic carbocycles. The summed E-state index contributed by atoms with van der Waals surface area (Å²) < 4.78 is 0. The second-order valence-corrected chi connectivity index (χ2v) is 8.53. The predicted molar refractivity (Wildman–Crippen MR) is 92.9 cm³/mol. The van der Waals surface area contributed by atoms with Crippen molar-refractivity contribution in [3.63, 3.8) is 0 Å². The summed E-state index contributed by atoms with van der Waals surface area (Å²) in [5.74, 6) is -0.542. The van der Waals surface area contributed by atoms with Gasteiger partial charge in [0.05, 0.1) is 17.4 Å². The molecular weight excluding hydrogens is 344 g/mol. The Balaban J connectivity index is 1.77. The number of fused-ring (bicyclic) bond motifs is 2. The molecule has 4 nitrogen and oxygen atoms in total. The molecule has 0 N–H and O–H groups in total. The van der Waals surface area contributed by atoms with Gasteiger partial charge in [0.2, 0.25) is 11.8 Å². The number of rotatable bonds is 1. The van der Waals surface area contributed by atoms with Gasteiger partial charge in [-0.15, -0.1) is 11.3 Å². The van der Waals surface area contributed by atoms with Crippen LogP contribution in [0, 0.1) is 29.1 Å². The van der Waals surface area contributed by atoms with E-state index in [0.29, 0.717) is 34.4 Å². The number of amides is 2. The molecule has 2 amide bonds. The number of anilines is 1. The van der Waals surface area contributed by atoms with Crippen molar-refractivity contribution in [1.29, 1.82) is 5.26 Å². The number of carbonyl (C=O) groups excluding carboxylic acids is 2. The Kier molecular flexibility index (Phi) is 3.78. The second kappa shape index (κ2) is 5.72. The van der Waals surface area contributed by atoms with Gasteiger partial charge in [0.1, 0.15) is 11.1 Å². The van der Waals surface area contributed by atoms with Gasteiger partial charge < -0.3 is 0 Å². The zero-order valence-electron chi connectivity index (χ0n) is 13.3. The Morgan fingerprint density at radius 3 is 2.79 bits per heavy atom. The Morgan fingerprint density at radius 1 is 1.29 bits per heavy atom. The maximum absolute atomic E-state index is 12.9. The molecule has 1 aromatic rings. The molecule has 6 heteroatoms. The van der Waals surface area contributed by atoms with Gasteiger partial charge in [0.15, 0.2) is 0 Å². The van der Waals surface area contributed by atoms with Gasteiger partial charge in [-0.05, 0) is 43.6 Å². The van der Waals surface area contributed by atoms with Crippen molar-refractivity contribution in [1.82, 2.24) is 0 Å². The lowest BCUT2D eigenvalue weighted by atomic mass is 9.85. The Morgan fingerprint density at radius 2 is 2.04 bits per heavy atom. The molecule has 4 rings (SSSR count). The minimum absolute atomic E-state index is 0.173. The van der Waals surface area contributed by atoms with Crippen LogP contribution in [0.5, 0.6) is 0 Å². The van der Waals surface area contributed by atoms with E-state index in [9.17, 15) is 14.9 Å². The number of aryl methyl sites for hydroxylation is 1. The number of hydrogen-bond donors (Lipinski definition) is 0. The highest BCUT2D eigenvalue weighted by molar-refractivity contribution is 7.17. The molecule has 3 aliphatic rings. The second-order valence-electron chi connectivity index (χ2n) is 6.96. The van der Waals surface area contributed by atoms with Crippen LogP contribution in [0.15, 0.2) is 11.1 Å². The number of nitriles is 1. The van der Waals surface area contributed by atoms with Gasteiger partial charge in [0, 0.05) is 9.91 Å².